The van der Waals surface area contributed by atoms with E-state index in [4.69, 9.17) is 5.02 Å². The molecular weight excluding hydrogens is 189 g/mol. The molecule has 1 radical (unpaired) electrons. The van der Waals surface area contributed by atoms with Gasteiger partial charge in [-0.25, -0.2) is 4.79 Å². The number of para-hydroxylation sites is 1. The Bertz CT molecular complexity index is 367. The van der Waals surface area contributed by atoms with Gasteiger partial charge < -0.3 is 9.68 Å². The monoisotopic (exact) mass is 194 g/mol. The van der Waals surface area contributed by atoms with Crippen LogP contribution >= 0.6 is 0 Å². The molecule has 0 fully saturated rings. The summed E-state index contributed by atoms with van der Waals surface area (Å²) in [5.74, 6) is -0.972. The van der Waals surface area contributed by atoms with Crippen molar-refractivity contribution in [2.45, 2.75) is 0 Å². The molecule has 6 nitrogen and oxygen atoms in total. The van der Waals surface area contributed by atoms with E-state index in [2.05, 4.69) is 4.65 Å². The quantitative estimate of drug-likeness (QED) is 0.423. The van der Waals surface area contributed by atoms with E-state index in [1.165, 1.54) is 24.3 Å². The normalized spacial score (nSPS) is 9.21. The Morgan fingerprint density at radius 3 is 2.71 bits per heavy atom. The summed E-state index contributed by atoms with van der Waals surface area (Å²) in [5, 5.41) is 18.6. The second kappa shape index (κ2) is 4.38. The summed E-state index contributed by atoms with van der Waals surface area (Å²) >= 11 is 0. The van der Waals surface area contributed by atoms with Crippen molar-refractivity contribution in [1.29, 1.82) is 0 Å². The predicted octanol–water partition coefficient (Wildman–Crippen LogP) is 0.278. The zero-order chi connectivity index (χ0) is 10.6. The highest BCUT2D eigenvalue weighted by Crippen LogP contribution is 2.17. The number of benzene rings is 1. The molecule has 0 saturated heterocycles. The van der Waals surface area contributed by atoms with E-state index >= 15 is 0 Å². The van der Waals surface area contributed by atoms with Crippen LogP contribution in [0.5, 0.6) is 0 Å². The lowest BCUT2D eigenvalue weighted by Crippen LogP contribution is -2.10. The van der Waals surface area contributed by atoms with Crippen LogP contribution in [0.2, 0.25) is 0 Å². The first-order valence-electron chi connectivity index (χ1n) is 3.57. The second-order valence-electron chi connectivity index (χ2n) is 2.28. The lowest BCUT2D eigenvalue weighted by molar-refractivity contribution is -0.385. The van der Waals surface area contributed by atoms with Crippen LogP contribution in [-0.2, 0) is 4.65 Å². The maximum atomic E-state index is 11.1. The molecule has 0 unspecified atom stereocenters. The summed E-state index contributed by atoms with van der Waals surface area (Å²) in [6, 6.07) is 5.30. The van der Waals surface area contributed by atoms with Gasteiger partial charge in [0.1, 0.15) is 5.56 Å². The predicted molar refractivity (Wildman–Crippen MR) is 46.5 cm³/mol. The van der Waals surface area contributed by atoms with E-state index in [0.29, 0.717) is 0 Å². The van der Waals surface area contributed by atoms with Crippen molar-refractivity contribution in [2.75, 3.05) is 0 Å². The summed E-state index contributed by atoms with van der Waals surface area (Å²) in [6.07, 6.45) is 0. The first-order chi connectivity index (χ1) is 6.66. The molecule has 1 N–H and O–H groups in total. The molecule has 0 atom stereocenters. The highest BCUT2D eigenvalue weighted by atomic mass is 16.6. The largest absolute Gasteiger partial charge is 0.571 e. The summed E-state index contributed by atoms with van der Waals surface area (Å²) in [5.41, 5.74) is -0.567. The molecule has 0 heterocycles. The van der Waals surface area contributed by atoms with Crippen molar-refractivity contribution in [3.8, 4) is 0 Å². The van der Waals surface area contributed by atoms with Crippen LogP contribution in [0.25, 0.3) is 0 Å². The fraction of sp³-hybridized carbons (Fsp3) is 0. The lowest BCUT2D eigenvalue weighted by Gasteiger charge is -2.00. The third-order valence-electron chi connectivity index (χ3n) is 1.48. The van der Waals surface area contributed by atoms with E-state index in [9.17, 15) is 14.9 Å². The Labute approximate surface area is 79.6 Å². The van der Waals surface area contributed by atoms with Gasteiger partial charge in [-0.3, -0.25) is 10.1 Å². The van der Waals surface area contributed by atoms with Crippen LogP contribution in [-0.4, -0.2) is 23.6 Å². The minimum atomic E-state index is -0.972. The molecule has 0 aliphatic carbocycles. The van der Waals surface area contributed by atoms with Crippen LogP contribution in [0, 0.1) is 10.1 Å². The number of rotatable bonds is 3. The van der Waals surface area contributed by atoms with Crippen molar-refractivity contribution in [3.05, 3.63) is 39.9 Å². The number of carbonyl (C=O) groups excluding carboxylic acids is 1. The number of nitrogens with zero attached hydrogens (tertiary/aromatic N) is 1. The van der Waals surface area contributed by atoms with Crippen LogP contribution in [0.3, 0.4) is 0 Å². The Kier molecular flexibility index (Phi) is 3.19. The fourth-order valence-electron chi connectivity index (χ4n) is 0.917. The topological polar surface area (TPSA) is 89.7 Å². The molecule has 0 aromatic heterocycles. The SMILES string of the molecule is O=C(O[B]O)c1ccccc1[N+](=O)[O-]. The van der Waals surface area contributed by atoms with Gasteiger partial charge in [0.25, 0.3) is 5.69 Å². The molecular formula is C7H5BNO5. The van der Waals surface area contributed by atoms with E-state index in [1.54, 1.807) is 0 Å². The minimum Gasteiger partial charge on any atom is -0.507 e. The second-order valence-corrected chi connectivity index (χ2v) is 2.28. The maximum Gasteiger partial charge on any atom is 0.571 e. The summed E-state index contributed by atoms with van der Waals surface area (Å²) in [7, 11) is 0.180. The summed E-state index contributed by atoms with van der Waals surface area (Å²) in [4.78, 5) is 20.8. The Hall–Kier alpha value is -1.89. The van der Waals surface area contributed by atoms with Crippen molar-refractivity contribution in [1.82, 2.24) is 0 Å². The molecule has 1 rings (SSSR count). The van der Waals surface area contributed by atoms with E-state index in [-0.39, 0.29) is 18.9 Å². The van der Waals surface area contributed by atoms with E-state index in [1.807, 2.05) is 0 Å². The molecule has 7 heteroatoms. The molecule has 0 bridgehead atoms. The van der Waals surface area contributed by atoms with Gasteiger partial charge >= 0.3 is 13.7 Å². The number of hydrogen-bond acceptors (Lipinski definition) is 5. The van der Waals surface area contributed by atoms with Gasteiger partial charge in [-0.15, -0.1) is 0 Å². The van der Waals surface area contributed by atoms with Crippen LogP contribution in [0.4, 0.5) is 5.69 Å². The van der Waals surface area contributed by atoms with Gasteiger partial charge in [-0.2, -0.15) is 0 Å². The van der Waals surface area contributed by atoms with Gasteiger partial charge in [-0.1, -0.05) is 12.1 Å². The van der Waals surface area contributed by atoms with Crippen molar-refractivity contribution < 1.29 is 19.4 Å². The molecule has 1 aromatic rings. The van der Waals surface area contributed by atoms with Crippen LogP contribution in [0.15, 0.2) is 24.3 Å². The van der Waals surface area contributed by atoms with Crippen molar-refractivity contribution >= 4 is 19.3 Å². The number of nitro benzene ring substituents is 1. The number of hydrogen-bond donors (Lipinski definition) is 1. The number of carbonyl (C=O) groups is 1. The first kappa shape index (κ1) is 10.2. The summed E-state index contributed by atoms with van der Waals surface area (Å²) < 4.78 is 4.11. The molecule has 0 spiro atoms. The van der Waals surface area contributed by atoms with Gasteiger partial charge in [0.05, 0.1) is 4.92 Å². The van der Waals surface area contributed by atoms with Crippen molar-refractivity contribution in [2.24, 2.45) is 0 Å². The molecule has 71 valence electrons. The van der Waals surface area contributed by atoms with E-state index in [0.717, 1.165) is 0 Å². The van der Waals surface area contributed by atoms with Crippen molar-refractivity contribution in [3.63, 3.8) is 0 Å². The Balaban J connectivity index is 3.07. The molecule has 0 aliphatic rings. The highest BCUT2D eigenvalue weighted by molar-refractivity contribution is 6.22. The Morgan fingerprint density at radius 2 is 2.14 bits per heavy atom. The Morgan fingerprint density at radius 1 is 1.50 bits per heavy atom. The third-order valence-corrected chi connectivity index (χ3v) is 1.48. The zero-order valence-electron chi connectivity index (χ0n) is 6.91. The standard InChI is InChI=1S/C7H5BNO5/c10-7(14-8-11)5-3-1-2-4-6(5)9(12)13/h1-4,11H. The van der Waals surface area contributed by atoms with Gasteiger partial charge in [0, 0.05) is 6.07 Å². The molecule has 0 amide bonds. The van der Waals surface area contributed by atoms with E-state index < -0.39 is 10.9 Å². The zero-order valence-corrected chi connectivity index (χ0v) is 6.91. The highest BCUT2D eigenvalue weighted by Gasteiger charge is 2.19. The number of nitro groups is 1. The molecule has 0 aliphatic heterocycles. The van der Waals surface area contributed by atoms with Gasteiger partial charge in [-0.05, 0) is 6.07 Å². The van der Waals surface area contributed by atoms with Gasteiger partial charge in [0.2, 0.25) is 0 Å². The van der Waals surface area contributed by atoms with Crippen LogP contribution in [0.1, 0.15) is 10.4 Å². The fourth-order valence-corrected chi connectivity index (χ4v) is 0.917. The molecule has 1 aromatic carbocycles. The average molecular weight is 194 g/mol. The van der Waals surface area contributed by atoms with Crippen LogP contribution < -0.4 is 0 Å². The maximum absolute atomic E-state index is 11.1. The van der Waals surface area contributed by atoms with Gasteiger partial charge in [0.15, 0.2) is 0 Å². The molecule has 0 saturated carbocycles. The first-order valence-corrected chi connectivity index (χ1v) is 3.57. The third kappa shape index (κ3) is 2.08. The summed E-state index contributed by atoms with van der Waals surface area (Å²) in [6.45, 7) is 0. The average Bonchev–Trinajstić information content (AvgIpc) is 2.18. The molecule has 14 heavy (non-hydrogen) atoms. The lowest BCUT2D eigenvalue weighted by atomic mass is 10.2. The minimum absolute atomic E-state index is 0.180. The smallest absolute Gasteiger partial charge is 0.507 e.